The average Bonchev–Trinajstić information content (AvgIpc) is 3.13. The molecule has 18 heteroatoms. The van der Waals surface area contributed by atoms with Crippen LogP contribution in [0.4, 0.5) is 0 Å². The van der Waals surface area contributed by atoms with Crippen molar-refractivity contribution >= 4 is 52.1 Å². The summed E-state index contributed by atoms with van der Waals surface area (Å²) in [4.78, 5) is 0. The molecule has 0 aromatic carbocycles. The predicted molar refractivity (Wildman–Crippen MR) is 223 cm³/mol. The molecule has 3 unspecified atom stereocenters. The molecule has 3 saturated heterocycles. The van der Waals surface area contributed by atoms with Crippen LogP contribution >= 0.6 is 0 Å². The Bertz CT molecular complexity index is 841. The fraction of sp³-hybridized carbons (Fsp3) is 1.00. The molecule has 0 aromatic rings. The van der Waals surface area contributed by atoms with Crippen molar-refractivity contribution in [3.8, 4) is 0 Å². The van der Waals surface area contributed by atoms with Crippen LogP contribution in [0.15, 0.2) is 0 Å². The Hall–Kier alpha value is 0.821. The van der Waals surface area contributed by atoms with E-state index in [0.29, 0.717) is 79.3 Å². The Morgan fingerprint density at radius 1 is 0.396 bits per heavy atom. The van der Waals surface area contributed by atoms with Gasteiger partial charge >= 0.3 is 25.0 Å². The quantitative estimate of drug-likeness (QED) is 0.112. The Morgan fingerprint density at radius 2 is 0.604 bits per heavy atom. The first-order chi connectivity index (χ1) is 25.5. The van der Waals surface area contributed by atoms with Crippen molar-refractivity contribution in [2.24, 2.45) is 5.41 Å². The first-order valence-corrected chi connectivity index (χ1v) is 35.5. The van der Waals surface area contributed by atoms with E-state index in [1.807, 2.05) is 0 Å². The number of ether oxygens (including phenoxy) is 3. The maximum absolute atomic E-state index is 7.60. The molecule has 314 valence electrons. The van der Waals surface area contributed by atoms with Crippen LogP contribution in [0.2, 0.25) is 0 Å². The molecule has 3 aliphatic rings. The molecule has 0 spiro atoms. The minimum Gasteiger partial charge on any atom is -0.378 e. The van der Waals surface area contributed by atoms with Gasteiger partial charge in [-0.25, -0.2) is 0 Å². The summed E-state index contributed by atoms with van der Waals surface area (Å²) in [6.45, 7) is 27.6. The summed E-state index contributed by atoms with van der Waals surface area (Å²) in [7, 11) is -14.1. The van der Waals surface area contributed by atoms with Gasteiger partial charge in [0.25, 0.3) is 0 Å². The lowest BCUT2D eigenvalue weighted by atomic mass is 9.66. The highest BCUT2D eigenvalue weighted by Crippen LogP contribution is 2.62. The molecule has 0 saturated carbocycles. The first-order valence-electron chi connectivity index (χ1n) is 21.2. The molecule has 0 aromatic heterocycles. The summed E-state index contributed by atoms with van der Waals surface area (Å²) in [5.41, 5.74) is -0.699. The molecule has 0 radical (unpaired) electrons. The topological polar surface area (TPSA) is 111 Å². The average molecular weight is 860 g/mol. The second-order valence-electron chi connectivity index (χ2n) is 14.5. The SMILES string of the molecule is CCO[Si](OCC)(OCC)[SiH2]C1(C(C)(C2([SiH2][Si](OCC)(OCC)OCC)CCCCO2)C2([SiH2][Si](OCC)(OCC)OCC)CCCCO2)CCCCO1. The van der Waals surface area contributed by atoms with Gasteiger partial charge in [-0.1, -0.05) is 6.92 Å². The van der Waals surface area contributed by atoms with E-state index in [0.717, 1.165) is 57.8 Å². The van der Waals surface area contributed by atoms with Crippen LogP contribution in [0.25, 0.3) is 0 Å². The van der Waals surface area contributed by atoms with Crippen molar-refractivity contribution < 1.29 is 54.0 Å². The van der Waals surface area contributed by atoms with E-state index in [1.165, 1.54) is 0 Å². The van der Waals surface area contributed by atoms with E-state index in [4.69, 9.17) is 54.0 Å². The van der Waals surface area contributed by atoms with E-state index < -0.39 is 73.2 Å². The van der Waals surface area contributed by atoms with Gasteiger partial charge in [-0.15, -0.1) is 0 Å². The molecule has 3 aliphatic heterocycles. The van der Waals surface area contributed by atoms with E-state index in [-0.39, 0.29) is 0 Å². The van der Waals surface area contributed by atoms with Gasteiger partial charge in [0.05, 0.1) is 15.7 Å². The van der Waals surface area contributed by atoms with Crippen molar-refractivity contribution in [3.05, 3.63) is 0 Å². The minimum atomic E-state index is -3.20. The highest BCUT2D eigenvalue weighted by Gasteiger charge is 2.77. The Morgan fingerprint density at radius 3 is 0.755 bits per heavy atom. The Kier molecular flexibility index (Phi) is 20.8. The van der Waals surface area contributed by atoms with Crippen molar-refractivity contribution in [1.29, 1.82) is 0 Å². The molecule has 12 nitrogen and oxygen atoms in total. The number of hydrogen-bond donors (Lipinski definition) is 0. The number of rotatable bonds is 27. The van der Waals surface area contributed by atoms with Crippen LogP contribution < -0.4 is 0 Å². The third-order valence-corrected chi connectivity index (χ3v) is 39.5. The van der Waals surface area contributed by atoms with Gasteiger partial charge in [0.15, 0.2) is 27.1 Å². The Labute approximate surface area is 332 Å². The zero-order valence-electron chi connectivity index (χ0n) is 35.4. The highest BCUT2D eigenvalue weighted by atomic mass is 29.2. The molecule has 3 heterocycles. The summed E-state index contributed by atoms with van der Waals surface area (Å²) >= 11 is 0. The van der Waals surface area contributed by atoms with Crippen molar-refractivity contribution in [1.82, 2.24) is 0 Å². The van der Waals surface area contributed by atoms with Gasteiger partial charge in [-0.2, -0.15) is 0 Å². The monoisotopic (exact) mass is 858 g/mol. The first kappa shape index (κ1) is 48.2. The van der Waals surface area contributed by atoms with Crippen LogP contribution in [0.3, 0.4) is 0 Å². The zero-order chi connectivity index (χ0) is 39.0. The molecular weight excluding hydrogens is 781 g/mol. The van der Waals surface area contributed by atoms with Gasteiger partial charge in [0.2, 0.25) is 0 Å². The van der Waals surface area contributed by atoms with Crippen LogP contribution in [-0.2, 0) is 54.0 Å². The lowest BCUT2D eigenvalue weighted by molar-refractivity contribution is -0.257. The highest BCUT2D eigenvalue weighted by molar-refractivity contribution is 7.18. The van der Waals surface area contributed by atoms with Gasteiger partial charge in [0, 0.05) is 84.7 Å². The molecule has 3 rings (SSSR count). The molecule has 0 N–H and O–H groups in total. The van der Waals surface area contributed by atoms with Crippen LogP contribution in [0, 0.1) is 5.41 Å². The molecule has 0 bridgehead atoms. The third-order valence-electron chi connectivity index (χ3n) is 11.6. The maximum atomic E-state index is 7.60. The molecule has 0 aliphatic carbocycles. The largest absolute Gasteiger partial charge is 0.465 e. The molecule has 3 fully saturated rings. The summed E-state index contributed by atoms with van der Waals surface area (Å²) in [5.74, 6) is 0. The van der Waals surface area contributed by atoms with E-state index in [9.17, 15) is 0 Å². The van der Waals surface area contributed by atoms with Crippen LogP contribution in [-0.4, -0.2) is 147 Å². The van der Waals surface area contributed by atoms with Crippen molar-refractivity contribution in [3.63, 3.8) is 0 Å². The number of hydrogen-bond acceptors (Lipinski definition) is 12. The minimum absolute atomic E-state index is 0.517. The van der Waals surface area contributed by atoms with Gasteiger partial charge in [-0.3, -0.25) is 0 Å². The molecule has 0 amide bonds. The Balaban J connectivity index is 2.56. The molecular formula is C35H78O12Si6. The summed E-state index contributed by atoms with van der Waals surface area (Å²) in [5, 5.41) is -2.00. The van der Waals surface area contributed by atoms with Gasteiger partial charge in [0.1, 0.15) is 0 Å². The normalized spacial score (nSPS) is 28.2. The van der Waals surface area contributed by atoms with Crippen molar-refractivity contribution in [2.45, 2.75) is 143 Å². The van der Waals surface area contributed by atoms with Gasteiger partial charge in [-0.05, 0) is 120 Å². The van der Waals surface area contributed by atoms with Crippen LogP contribution in [0.5, 0.6) is 0 Å². The smallest absolute Gasteiger partial charge is 0.378 e. The van der Waals surface area contributed by atoms with E-state index in [2.05, 4.69) is 69.2 Å². The van der Waals surface area contributed by atoms with E-state index in [1.54, 1.807) is 0 Å². The van der Waals surface area contributed by atoms with Gasteiger partial charge < -0.3 is 54.0 Å². The van der Waals surface area contributed by atoms with E-state index >= 15 is 0 Å². The standard InChI is InChI=1S/C35H78O12Si6/c1-11-39-51(40-12-2,41-13-3)48-33(26-20-23-29-36-33)32(10,34(27-21-24-30-37-34)49-52(42-14-4,43-15-5)44-16-6)35(28-22-25-31-38-35)50-53(45-17-7,46-18-8)47-19-9/h11-31,48-50H2,1-10H3. The fourth-order valence-electron chi connectivity index (χ4n) is 9.80. The fourth-order valence-corrected chi connectivity index (χ4v) is 43.5. The summed E-state index contributed by atoms with van der Waals surface area (Å²) in [6, 6.07) is 0. The lowest BCUT2D eigenvalue weighted by Gasteiger charge is -2.68. The predicted octanol–water partition coefficient (Wildman–Crippen LogP) is 3.82. The van der Waals surface area contributed by atoms with Crippen LogP contribution in [0.1, 0.15) is 127 Å². The zero-order valence-corrected chi connectivity index (χ0v) is 42.6. The molecule has 3 atom stereocenters. The second-order valence-corrected chi connectivity index (χ2v) is 36.7. The van der Waals surface area contributed by atoms with Crippen molar-refractivity contribution in [2.75, 3.05) is 79.3 Å². The summed E-state index contributed by atoms with van der Waals surface area (Å²) < 4.78 is 83.9. The second kappa shape index (κ2) is 22.8. The lowest BCUT2D eigenvalue weighted by Crippen LogP contribution is -2.84. The third kappa shape index (κ3) is 10.9. The molecule has 53 heavy (non-hydrogen) atoms. The summed E-state index contributed by atoms with van der Waals surface area (Å²) in [6.07, 6.45) is 8.66. The maximum Gasteiger partial charge on any atom is 0.465 e.